The molecule has 5 rings (SSSR count). The highest BCUT2D eigenvalue weighted by Gasteiger charge is 2.54. The zero-order chi connectivity index (χ0) is 23.9. The van der Waals surface area contributed by atoms with Crippen molar-refractivity contribution in [3.8, 4) is 11.5 Å². The van der Waals surface area contributed by atoms with Crippen molar-refractivity contribution in [1.82, 2.24) is 14.9 Å². The third-order valence-corrected chi connectivity index (χ3v) is 7.29. The summed E-state index contributed by atoms with van der Waals surface area (Å²) in [7, 11) is 1.61. The lowest BCUT2D eigenvalue weighted by Gasteiger charge is -2.45. The van der Waals surface area contributed by atoms with Gasteiger partial charge in [0.25, 0.3) is 0 Å². The number of hydrogen-bond acceptors (Lipinski definition) is 7. The second-order valence-electron chi connectivity index (χ2n) is 9.80. The second kappa shape index (κ2) is 9.00. The van der Waals surface area contributed by atoms with Crippen LogP contribution in [0, 0.1) is 24.1 Å². The van der Waals surface area contributed by atoms with Gasteiger partial charge in [0.15, 0.2) is 11.5 Å². The molecule has 2 aromatic carbocycles. The van der Waals surface area contributed by atoms with Crippen molar-refractivity contribution >= 4 is 22.4 Å². The van der Waals surface area contributed by atoms with Crippen molar-refractivity contribution in [2.24, 2.45) is 11.3 Å². The van der Waals surface area contributed by atoms with Gasteiger partial charge >= 0.3 is 0 Å². The van der Waals surface area contributed by atoms with E-state index in [1.165, 1.54) is 12.4 Å². The first-order chi connectivity index (χ1) is 16.4. The Bertz CT molecular complexity index is 1210. The number of fused-ring (bicyclic) bond motifs is 2. The van der Waals surface area contributed by atoms with Crippen LogP contribution in [0.3, 0.4) is 0 Å². The second-order valence-corrected chi connectivity index (χ2v) is 9.80. The summed E-state index contributed by atoms with van der Waals surface area (Å²) in [5.41, 5.74) is 2.30. The lowest BCUT2D eigenvalue weighted by atomic mass is 9.61. The molecule has 2 N–H and O–H groups in total. The number of rotatable bonds is 8. The first-order valence-electron chi connectivity index (χ1n) is 11.8. The van der Waals surface area contributed by atoms with Gasteiger partial charge in [-0.2, -0.15) is 0 Å². The van der Waals surface area contributed by atoms with Crippen molar-refractivity contribution in [3.63, 3.8) is 0 Å². The Morgan fingerprint density at radius 1 is 1.24 bits per heavy atom. The van der Waals surface area contributed by atoms with E-state index in [9.17, 15) is 9.50 Å². The number of hydrogen-bond donors (Lipinski definition) is 2. The van der Waals surface area contributed by atoms with Gasteiger partial charge in [0, 0.05) is 42.7 Å². The maximum Gasteiger partial charge on any atom is 0.162 e. The van der Waals surface area contributed by atoms with Gasteiger partial charge in [0.05, 0.1) is 25.3 Å². The molecule has 3 atom stereocenters. The van der Waals surface area contributed by atoms with Crippen LogP contribution in [0.2, 0.25) is 0 Å². The molecule has 0 radical (unpaired) electrons. The van der Waals surface area contributed by atoms with Gasteiger partial charge in [-0.25, -0.2) is 14.4 Å². The van der Waals surface area contributed by atoms with Crippen LogP contribution in [0.1, 0.15) is 25.3 Å². The van der Waals surface area contributed by atoms with E-state index in [-0.39, 0.29) is 17.3 Å². The number of ether oxygens (including phenoxy) is 2. The number of aliphatic hydroxyl groups is 1. The summed E-state index contributed by atoms with van der Waals surface area (Å²) in [6, 6.07) is 8.59. The molecule has 1 saturated heterocycles. The van der Waals surface area contributed by atoms with Crippen molar-refractivity contribution in [1.29, 1.82) is 0 Å². The molecular weight excluding hydrogens is 435 g/mol. The molecule has 1 saturated carbocycles. The van der Waals surface area contributed by atoms with Crippen LogP contribution in [-0.4, -0.2) is 59.4 Å². The zero-order valence-corrected chi connectivity index (χ0v) is 19.8. The summed E-state index contributed by atoms with van der Waals surface area (Å²) in [5.74, 6) is 2.02. The molecule has 180 valence electrons. The van der Waals surface area contributed by atoms with E-state index in [1.54, 1.807) is 26.2 Å². The fraction of sp³-hybridized carbons (Fsp3) is 0.462. The van der Waals surface area contributed by atoms with Crippen LogP contribution in [0.4, 0.5) is 15.9 Å². The van der Waals surface area contributed by atoms with Crippen LogP contribution < -0.4 is 14.8 Å². The maximum atomic E-state index is 13.7. The monoisotopic (exact) mass is 466 g/mol. The van der Waals surface area contributed by atoms with Crippen LogP contribution in [0.5, 0.6) is 11.5 Å². The summed E-state index contributed by atoms with van der Waals surface area (Å²) in [5, 5.41) is 14.1. The predicted molar refractivity (Wildman–Crippen MR) is 129 cm³/mol. The summed E-state index contributed by atoms with van der Waals surface area (Å²) in [6.45, 7) is 7.51. The highest BCUT2D eigenvalue weighted by molar-refractivity contribution is 5.93. The van der Waals surface area contributed by atoms with Crippen LogP contribution in [0.15, 0.2) is 36.7 Å². The third-order valence-electron chi connectivity index (χ3n) is 7.29. The molecule has 1 aliphatic carbocycles. The van der Waals surface area contributed by atoms with Crippen molar-refractivity contribution in [2.75, 3.05) is 38.7 Å². The highest BCUT2D eigenvalue weighted by atomic mass is 19.1. The molecule has 2 fully saturated rings. The van der Waals surface area contributed by atoms with Gasteiger partial charge < -0.3 is 24.8 Å². The van der Waals surface area contributed by atoms with E-state index >= 15 is 0 Å². The van der Waals surface area contributed by atoms with E-state index < -0.39 is 0 Å². The largest absolute Gasteiger partial charge is 0.493 e. The molecule has 1 aromatic heterocycles. The lowest BCUT2D eigenvalue weighted by Crippen LogP contribution is -2.48. The molecule has 3 aromatic rings. The fourth-order valence-electron chi connectivity index (χ4n) is 5.39. The number of nitrogens with one attached hydrogen (secondary N) is 1. The number of anilines is 2. The Labute approximate surface area is 198 Å². The van der Waals surface area contributed by atoms with Crippen molar-refractivity contribution in [3.05, 3.63) is 48.0 Å². The Morgan fingerprint density at radius 3 is 2.82 bits per heavy atom. The van der Waals surface area contributed by atoms with E-state index in [0.29, 0.717) is 35.4 Å². The zero-order valence-electron chi connectivity index (χ0n) is 19.8. The first kappa shape index (κ1) is 22.8. The van der Waals surface area contributed by atoms with Crippen molar-refractivity contribution in [2.45, 2.75) is 32.8 Å². The van der Waals surface area contributed by atoms with Crippen molar-refractivity contribution < 1.29 is 19.0 Å². The minimum absolute atomic E-state index is 0.142. The van der Waals surface area contributed by atoms with E-state index in [4.69, 9.17) is 9.47 Å². The summed E-state index contributed by atoms with van der Waals surface area (Å²) in [4.78, 5) is 11.2. The molecule has 0 spiro atoms. The average Bonchev–Trinajstić information content (AvgIpc) is 3.08. The van der Waals surface area contributed by atoms with E-state index in [1.807, 2.05) is 12.1 Å². The number of methoxy groups -OCH3 is 1. The SMILES string of the molecule is COc1cc2ncnc(Nc3ccc(F)c(C)c3)c2cc1OCCCN1C[C@@H]2[C@H](O)C[C@]2(C)C1. The maximum absolute atomic E-state index is 13.7. The lowest BCUT2D eigenvalue weighted by molar-refractivity contribution is -0.0639. The van der Waals surface area contributed by atoms with Crippen LogP contribution in [-0.2, 0) is 0 Å². The molecular formula is C26H31FN4O3. The van der Waals surface area contributed by atoms with Crippen LogP contribution in [0.25, 0.3) is 10.9 Å². The standard InChI is InChI=1S/C26H31FN4O3/c1-16-9-17(5-6-20(16)27)30-25-18-10-24(23(33-3)11-21(18)28-15-29-25)34-8-4-7-31-13-19-22(32)12-26(19,2)14-31/h5-6,9-11,15,19,22,32H,4,7-8,12-14H2,1-3H3,(H,28,29,30)/t19-,22-,26-/m1/s1. The van der Waals surface area contributed by atoms with Gasteiger partial charge in [-0.15, -0.1) is 0 Å². The summed E-state index contributed by atoms with van der Waals surface area (Å²) >= 11 is 0. The first-order valence-corrected chi connectivity index (χ1v) is 11.8. The Morgan fingerprint density at radius 2 is 2.09 bits per heavy atom. The highest BCUT2D eigenvalue weighted by Crippen LogP contribution is 2.51. The minimum atomic E-state index is -0.245. The fourth-order valence-corrected chi connectivity index (χ4v) is 5.39. The molecule has 7 nitrogen and oxygen atoms in total. The van der Waals surface area contributed by atoms with E-state index in [0.717, 1.165) is 49.1 Å². The third kappa shape index (κ3) is 4.28. The number of likely N-dealkylation sites (tertiary alicyclic amines) is 1. The van der Waals surface area contributed by atoms with Gasteiger partial charge in [-0.05, 0) is 55.0 Å². The number of aryl methyl sites for hydroxylation is 1. The Hall–Kier alpha value is -2.97. The molecule has 34 heavy (non-hydrogen) atoms. The molecule has 0 amide bonds. The minimum Gasteiger partial charge on any atom is -0.493 e. The molecule has 0 unspecified atom stereocenters. The molecule has 2 heterocycles. The number of benzene rings is 2. The molecule has 2 aliphatic rings. The topological polar surface area (TPSA) is 79.7 Å². The quantitative estimate of drug-likeness (QED) is 0.479. The van der Waals surface area contributed by atoms with Crippen LogP contribution >= 0.6 is 0 Å². The predicted octanol–water partition coefficient (Wildman–Crippen LogP) is 4.30. The number of aliphatic hydroxyl groups excluding tert-OH is 1. The normalized spacial score (nSPS) is 24.0. The number of aromatic nitrogens is 2. The number of nitrogens with zero attached hydrogens (tertiary/aromatic N) is 3. The number of halogens is 1. The molecule has 8 heteroatoms. The summed E-state index contributed by atoms with van der Waals surface area (Å²) < 4.78 is 25.3. The average molecular weight is 467 g/mol. The van der Waals surface area contributed by atoms with Gasteiger partial charge in [0.2, 0.25) is 0 Å². The summed E-state index contributed by atoms with van der Waals surface area (Å²) in [6.07, 6.45) is 3.14. The van der Waals surface area contributed by atoms with E-state index in [2.05, 4.69) is 27.1 Å². The van der Waals surface area contributed by atoms with Gasteiger partial charge in [-0.3, -0.25) is 0 Å². The molecule has 0 bridgehead atoms. The smallest absolute Gasteiger partial charge is 0.162 e. The Balaban J connectivity index is 1.28. The molecule has 1 aliphatic heterocycles. The van der Waals surface area contributed by atoms with Gasteiger partial charge in [0.1, 0.15) is 18.0 Å². The Kier molecular flexibility index (Phi) is 6.04. The van der Waals surface area contributed by atoms with Gasteiger partial charge in [-0.1, -0.05) is 6.92 Å².